The summed E-state index contributed by atoms with van der Waals surface area (Å²) in [7, 11) is 0. The van der Waals surface area contributed by atoms with Crippen LogP contribution in [0.5, 0.6) is 11.5 Å². The Balaban J connectivity index is 1.52. The number of ether oxygens (including phenoxy) is 1. The van der Waals surface area contributed by atoms with Crippen LogP contribution in [0, 0.1) is 12.8 Å². The van der Waals surface area contributed by atoms with Gasteiger partial charge in [0, 0.05) is 18.7 Å². The highest BCUT2D eigenvalue weighted by atomic mass is 16.5. The summed E-state index contributed by atoms with van der Waals surface area (Å²) < 4.78 is 5.87. The second-order valence-electron chi connectivity index (χ2n) is 6.44. The fourth-order valence-electron chi connectivity index (χ4n) is 3.04. The highest BCUT2D eigenvalue weighted by Gasteiger charge is 2.36. The van der Waals surface area contributed by atoms with Crippen LogP contribution < -0.4 is 10.1 Å². The molecule has 6 heteroatoms. The number of hydrogen-bond acceptors (Lipinski definition) is 5. The summed E-state index contributed by atoms with van der Waals surface area (Å²) in [5, 5.41) is 22.6. The largest absolute Gasteiger partial charge is 0.506 e. The Morgan fingerprint density at radius 3 is 2.76 bits per heavy atom. The van der Waals surface area contributed by atoms with Gasteiger partial charge >= 0.3 is 0 Å². The van der Waals surface area contributed by atoms with Crippen molar-refractivity contribution in [1.82, 2.24) is 10.3 Å². The number of hydrogen-bond donors (Lipinski definition) is 3. The van der Waals surface area contributed by atoms with Crippen molar-refractivity contribution >= 4 is 5.91 Å². The minimum atomic E-state index is -0.635. The predicted molar refractivity (Wildman–Crippen MR) is 92.6 cm³/mol. The first-order valence-electron chi connectivity index (χ1n) is 8.36. The summed E-state index contributed by atoms with van der Waals surface area (Å²) in [5.41, 5.74) is 1.45. The second-order valence-corrected chi connectivity index (χ2v) is 6.44. The molecule has 3 atom stereocenters. The van der Waals surface area contributed by atoms with E-state index in [9.17, 15) is 15.0 Å². The van der Waals surface area contributed by atoms with E-state index < -0.39 is 6.10 Å². The van der Waals surface area contributed by atoms with Crippen molar-refractivity contribution in [3.8, 4) is 11.5 Å². The molecule has 1 aromatic heterocycles. The number of aliphatic hydroxyl groups excluding tert-OH is 1. The Morgan fingerprint density at radius 1 is 1.28 bits per heavy atom. The molecule has 0 spiro atoms. The number of nitrogens with one attached hydrogen (secondary N) is 1. The van der Waals surface area contributed by atoms with Crippen molar-refractivity contribution in [3.05, 3.63) is 53.9 Å². The molecule has 1 aromatic carbocycles. The maximum absolute atomic E-state index is 12.1. The minimum Gasteiger partial charge on any atom is -0.506 e. The summed E-state index contributed by atoms with van der Waals surface area (Å²) >= 11 is 0. The van der Waals surface area contributed by atoms with Gasteiger partial charge in [0.15, 0.2) is 0 Å². The maximum atomic E-state index is 12.1. The zero-order valence-electron chi connectivity index (χ0n) is 14.1. The van der Waals surface area contributed by atoms with Crippen molar-refractivity contribution in [2.75, 3.05) is 6.54 Å². The quantitative estimate of drug-likeness (QED) is 0.773. The fourth-order valence-corrected chi connectivity index (χ4v) is 3.04. The number of carbonyl (C=O) groups is 1. The third kappa shape index (κ3) is 4.28. The number of benzene rings is 1. The Kier molecular flexibility index (Phi) is 5.19. The average molecular weight is 342 g/mol. The van der Waals surface area contributed by atoms with Crippen LogP contribution in [-0.2, 0) is 0 Å². The summed E-state index contributed by atoms with van der Waals surface area (Å²) in [6, 6.07) is 9.09. The van der Waals surface area contributed by atoms with E-state index >= 15 is 0 Å². The minimum absolute atomic E-state index is 0.0555. The van der Waals surface area contributed by atoms with Crippen LogP contribution in [0.3, 0.4) is 0 Å². The summed E-state index contributed by atoms with van der Waals surface area (Å²) in [5.74, 6) is 0.299. The molecular weight excluding hydrogens is 320 g/mol. The van der Waals surface area contributed by atoms with Crippen LogP contribution in [0.1, 0.15) is 28.8 Å². The Morgan fingerprint density at radius 2 is 2.04 bits per heavy atom. The second kappa shape index (κ2) is 7.53. The Hall–Kier alpha value is -2.60. The number of aryl methyl sites for hydroxylation is 1. The van der Waals surface area contributed by atoms with E-state index in [0.29, 0.717) is 12.1 Å². The molecule has 3 rings (SSSR count). The third-order valence-electron chi connectivity index (χ3n) is 4.51. The monoisotopic (exact) mass is 342 g/mol. The predicted octanol–water partition coefficient (Wildman–Crippen LogP) is 2.04. The first-order valence-corrected chi connectivity index (χ1v) is 8.36. The molecule has 6 nitrogen and oxygen atoms in total. The van der Waals surface area contributed by atoms with Crippen LogP contribution in [-0.4, -0.2) is 39.9 Å². The SMILES string of the molecule is Cc1ccc(O[C@@H]2CC[C@H](CNC(=O)c3cncc(O)c3)[C@H]2O)cc1. The maximum Gasteiger partial charge on any atom is 0.252 e. The molecule has 1 aliphatic carbocycles. The van der Waals surface area contributed by atoms with Crippen LogP contribution >= 0.6 is 0 Å². The van der Waals surface area contributed by atoms with Gasteiger partial charge < -0.3 is 20.3 Å². The van der Waals surface area contributed by atoms with Crippen molar-refractivity contribution in [2.24, 2.45) is 5.92 Å². The lowest BCUT2D eigenvalue weighted by molar-refractivity contribution is 0.0348. The van der Waals surface area contributed by atoms with E-state index in [1.807, 2.05) is 31.2 Å². The molecular formula is C19H22N2O4. The normalized spacial score (nSPS) is 22.6. The molecule has 1 amide bonds. The molecule has 132 valence electrons. The number of amides is 1. The van der Waals surface area contributed by atoms with E-state index in [0.717, 1.165) is 24.2 Å². The average Bonchev–Trinajstić information content (AvgIpc) is 2.95. The van der Waals surface area contributed by atoms with Gasteiger partial charge in [-0.1, -0.05) is 17.7 Å². The van der Waals surface area contributed by atoms with Crippen LogP contribution in [0.2, 0.25) is 0 Å². The zero-order chi connectivity index (χ0) is 17.8. The van der Waals surface area contributed by atoms with Crippen LogP contribution in [0.15, 0.2) is 42.7 Å². The van der Waals surface area contributed by atoms with Gasteiger partial charge in [-0.3, -0.25) is 9.78 Å². The van der Waals surface area contributed by atoms with Gasteiger partial charge in [0.25, 0.3) is 5.91 Å². The number of rotatable bonds is 5. The van der Waals surface area contributed by atoms with E-state index in [1.165, 1.54) is 18.5 Å². The number of carbonyl (C=O) groups excluding carboxylic acids is 1. The van der Waals surface area contributed by atoms with Gasteiger partial charge in [0.2, 0.25) is 0 Å². The van der Waals surface area contributed by atoms with E-state index in [1.54, 1.807) is 0 Å². The Bertz CT molecular complexity index is 732. The van der Waals surface area contributed by atoms with Gasteiger partial charge in [-0.15, -0.1) is 0 Å². The van der Waals surface area contributed by atoms with Gasteiger partial charge in [-0.2, -0.15) is 0 Å². The summed E-state index contributed by atoms with van der Waals surface area (Å²) in [6.07, 6.45) is 3.27. The van der Waals surface area contributed by atoms with Gasteiger partial charge in [0.05, 0.1) is 17.9 Å². The van der Waals surface area contributed by atoms with Gasteiger partial charge in [-0.25, -0.2) is 0 Å². The molecule has 1 heterocycles. The fraction of sp³-hybridized carbons (Fsp3) is 0.368. The number of aliphatic hydroxyl groups is 1. The van der Waals surface area contributed by atoms with E-state index in [4.69, 9.17) is 4.74 Å². The first-order chi connectivity index (χ1) is 12.0. The molecule has 0 bridgehead atoms. The topological polar surface area (TPSA) is 91.7 Å². The van der Waals surface area contributed by atoms with Crippen molar-refractivity contribution < 1.29 is 19.7 Å². The van der Waals surface area contributed by atoms with E-state index in [2.05, 4.69) is 10.3 Å². The molecule has 0 unspecified atom stereocenters. The highest BCUT2D eigenvalue weighted by molar-refractivity contribution is 5.94. The molecule has 2 aromatic rings. The molecule has 25 heavy (non-hydrogen) atoms. The summed E-state index contributed by atoms with van der Waals surface area (Å²) in [4.78, 5) is 15.9. The smallest absolute Gasteiger partial charge is 0.252 e. The lowest BCUT2D eigenvalue weighted by Gasteiger charge is -2.21. The number of aromatic nitrogens is 1. The molecule has 0 radical (unpaired) electrons. The van der Waals surface area contributed by atoms with Gasteiger partial charge in [0.1, 0.15) is 17.6 Å². The lowest BCUT2D eigenvalue weighted by Crippen LogP contribution is -2.37. The van der Waals surface area contributed by atoms with Crippen molar-refractivity contribution in [3.63, 3.8) is 0 Å². The van der Waals surface area contributed by atoms with Crippen molar-refractivity contribution in [1.29, 1.82) is 0 Å². The molecule has 1 fully saturated rings. The van der Waals surface area contributed by atoms with Crippen molar-refractivity contribution in [2.45, 2.75) is 32.0 Å². The molecule has 0 saturated heterocycles. The zero-order valence-corrected chi connectivity index (χ0v) is 14.1. The van der Waals surface area contributed by atoms with Crippen LogP contribution in [0.25, 0.3) is 0 Å². The van der Waals surface area contributed by atoms with Gasteiger partial charge in [-0.05, 0) is 38.0 Å². The summed E-state index contributed by atoms with van der Waals surface area (Å²) in [6.45, 7) is 2.36. The Labute approximate surface area is 146 Å². The molecule has 1 aliphatic rings. The number of nitrogens with zero attached hydrogens (tertiary/aromatic N) is 1. The number of aromatic hydroxyl groups is 1. The molecule has 1 saturated carbocycles. The standard InChI is InChI=1S/C19H22N2O4/c1-12-2-5-16(6-3-12)25-17-7-4-13(18(17)23)10-21-19(24)14-8-15(22)11-20-9-14/h2-3,5-6,8-9,11,13,17-18,22-23H,4,7,10H2,1H3,(H,21,24)/t13-,17-,18-/m1/s1. The molecule has 0 aliphatic heterocycles. The first kappa shape index (κ1) is 17.2. The number of pyridine rings is 1. The highest BCUT2D eigenvalue weighted by Crippen LogP contribution is 2.29. The van der Waals surface area contributed by atoms with Crippen LogP contribution in [0.4, 0.5) is 0 Å². The third-order valence-corrected chi connectivity index (χ3v) is 4.51. The lowest BCUT2D eigenvalue weighted by atomic mass is 10.1. The van der Waals surface area contributed by atoms with E-state index in [-0.39, 0.29) is 23.7 Å². The molecule has 3 N–H and O–H groups in total.